The van der Waals surface area contributed by atoms with Crippen LogP contribution in [0.25, 0.3) is 33.4 Å². The summed E-state index contributed by atoms with van der Waals surface area (Å²) in [7, 11) is 0. The summed E-state index contributed by atoms with van der Waals surface area (Å²) in [5, 5.41) is 0. The van der Waals surface area contributed by atoms with Gasteiger partial charge in [0, 0.05) is 16.7 Å². The highest BCUT2D eigenvalue weighted by Gasteiger charge is 2.18. The van der Waals surface area contributed by atoms with E-state index in [4.69, 9.17) is 0 Å². The lowest BCUT2D eigenvalue weighted by molar-refractivity contribution is 0.513. The van der Waals surface area contributed by atoms with Crippen LogP contribution in [0.15, 0.2) is 78.9 Å². The van der Waals surface area contributed by atoms with Gasteiger partial charge in [-0.3, -0.25) is 0 Å². The Morgan fingerprint density at radius 3 is 1.66 bits per heavy atom. The topological polar surface area (TPSA) is 0 Å². The van der Waals surface area contributed by atoms with Gasteiger partial charge in [0.15, 0.2) is 11.6 Å². The maximum absolute atomic E-state index is 15.1. The predicted octanol–water partition coefficient (Wildman–Crippen LogP) is 9.79. The van der Waals surface area contributed by atoms with Gasteiger partial charge in [0.1, 0.15) is 5.82 Å². The molecule has 0 fully saturated rings. The predicted molar refractivity (Wildman–Crippen MR) is 140 cm³/mol. The molecule has 0 aliphatic rings. The van der Waals surface area contributed by atoms with Gasteiger partial charge in [-0.1, -0.05) is 106 Å². The van der Waals surface area contributed by atoms with Gasteiger partial charge in [-0.05, 0) is 53.1 Å². The van der Waals surface area contributed by atoms with E-state index in [1.165, 1.54) is 42.7 Å². The Bertz CT molecular complexity index is 1270. The van der Waals surface area contributed by atoms with Crippen molar-refractivity contribution in [3.63, 3.8) is 0 Å². The van der Waals surface area contributed by atoms with Crippen LogP contribution in [0.2, 0.25) is 0 Å². The summed E-state index contributed by atoms with van der Waals surface area (Å²) in [4.78, 5) is 0. The van der Waals surface area contributed by atoms with Crippen molar-refractivity contribution in [1.29, 1.82) is 0 Å². The first-order chi connectivity index (χ1) is 17.0. The van der Waals surface area contributed by atoms with Crippen molar-refractivity contribution in [1.82, 2.24) is 0 Å². The average Bonchev–Trinajstić information content (AvgIpc) is 2.87. The van der Waals surface area contributed by atoms with E-state index in [0.717, 1.165) is 36.8 Å². The third-order valence-corrected chi connectivity index (χ3v) is 6.50. The number of benzene rings is 4. The third-order valence-electron chi connectivity index (χ3n) is 6.50. The molecule has 0 heterocycles. The van der Waals surface area contributed by atoms with Gasteiger partial charge < -0.3 is 0 Å². The molecule has 4 aromatic rings. The number of hydrogen-bond acceptors (Lipinski definition) is 0. The Morgan fingerprint density at radius 2 is 1.03 bits per heavy atom. The van der Waals surface area contributed by atoms with Gasteiger partial charge in [-0.15, -0.1) is 0 Å². The van der Waals surface area contributed by atoms with Crippen molar-refractivity contribution in [3.05, 3.63) is 107 Å². The molecule has 4 rings (SSSR count). The number of halogens is 3. The quantitative estimate of drug-likeness (QED) is 0.213. The van der Waals surface area contributed by atoms with E-state index < -0.39 is 17.5 Å². The second kappa shape index (κ2) is 11.4. The monoisotopic (exact) mass is 472 g/mol. The summed E-state index contributed by atoms with van der Waals surface area (Å²) in [6.07, 6.45) is 6.54. The Balaban J connectivity index is 1.58. The van der Waals surface area contributed by atoms with Crippen molar-refractivity contribution in [2.75, 3.05) is 0 Å². The highest BCUT2D eigenvalue weighted by Crippen LogP contribution is 2.34. The molecule has 0 N–H and O–H groups in total. The normalized spacial score (nSPS) is 11.1. The Hall–Kier alpha value is -3.33. The van der Waals surface area contributed by atoms with Crippen LogP contribution in [0.4, 0.5) is 13.2 Å². The molecule has 35 heavy (non-hydrogen) atoms. The number of aryl methyl sites for hydroxylation is 2. The second-order valence-corrected chi connectivity index (χ2v) is 9.08. The minimum Gasteiger partial charge on any atom is -0.206 e. The number of rotatable bonds is 9. The summed E-state index contributed by atoms with van der Waals surface area (Å²) in [5.74, 6) is -2.58. The van der Waals surface area contributed by atoms with Crippen LogP contribution in [0, 0.1) is 17.5 Å². The van der Waals surface area contributed by atoms with E-state index >= 15 is 13.2 Å². The first-order valence-electron chi connectivity index (χ1n) is 12.5. The lowest BCUT2D eigenvalue weighted by Gasteiger charge is -2.12. The Kier molecular flexibility index (Phi) is 8.07. The SMILES string of the molecule is CCCCCc1ccc(-c2ccc(-c3ccc(-c4ccc(CCC)cc4)c(F)c3F)c(F)c2)cc1. The maximum atomic E-state index is 15.1. The van der Waals surface area contributed by atoms with E-state index in [0.29, 0.717) is 11.1 Å². The molecule has 4 aromatic carbocycles. The van der Waals surface area contributed by atoms with Crippen LogP contribution in [-0.4, -0.2) is 0 Å². The summed E-state index contributed by atoms with van der Waals surface area (Å²) in [6, 6.07) is 23.2. The minimum atomic E-state index is -1.04. The van der Waals surface area contributed by atoms with Crippen LogP contribution in [-0.2, 0) is 12.8 Å². The highest BCUT2D eigenvalue weighted by molar-refractivity contribution is 5.75. The largest absolute Gasteiger partial charge is 0.206 e. The van der Waals surface area contributed by atoms with Gasteiger partial charge in [0.25, 0.3) is 0 Å². The molecule has 0 saturated carbocycles. The number of hydrogen-bond donors (Lipinski definition) is 0. The highest BCUT2D eigenvalue weighted by atomic mass is 19.2. The van der Waals surface area contributed by atoms with Gasteiger partial charge in [-0.25, -0.2) is 13.2 Å². The molecular formula is C32H31F3. The maximum Gasteiger partial charge on any atom is 0.167 e. The Labute approximate surface area is 206 Å². The summed E-state index contributed by atoms with van der Waals surface area (Å²) < 4.78 is 45.1. The van der Waals surface area contributed by atoms with E-state index in [-0.39, 0.29) is 16.7 Å². The molecule has 0 aliphatic carbocycles. The van der Waals surface area contributed by atoms with E-state index in [1.807, 2.05) is 24.3 Å². The smallest absolute Gasteiger partial charge is 0.167 e. The van der Waals surface area contributed by atoms with Crippen LogP contribution in [0.3, 0.4) is 0 Å². The zero-order valence-electron chi connectivity index (χ0n) is 20.4. The molecule has 0 spiro atoms. The Morgan fingerprint density at radius 1 is 0.486 bits per heavy atom. The first kappa shape index (κ1) is 24.8. The molecule has 0 amide bonds. The standard InChI is InChI=1S/C32H31F3/c1-3-5-6-8-23-9-13-24(14-10-23)26-17-18-28(30(33)21-26)29-20-19-27(31(34)32(29)35)25-15-11-22(7-4-2)12-16-25/h9-21H,3-8H2,1-2H3. The van der Waals surface area contributed by atoms with Crippen molar-refractivity contribution < 1.29 is 13.2 Å². The fourth-order valence-electron chi connectivity index (χ4n) is 4.48. The zero-order chi connectivity index (χ0) is 24.8. The van der Waals surface area contributed by atoms with Crippen molar-refractivity contribution in [2.45, 2.75) is 52.4 Å². The lowest BCUT2D eigenvalue weighted by atomic mass is 9.95. The summed E-state index contributed by atoms with van der Waals surface area (Å²) >= 11 is 0. The van der Waals surface area contributed by atoms with Crippen molar-refractivity contribution in [2.24, 2.45) is 0 Å². The molecule has 0 aromatic heterocycles. The molecule has 0 radical (unpaired) electrons. The van der Waals surface area contributed by atoms with Crippen LogP contribution in [0.1, 0.15) is 50.7 Å². The molecule has 180 valence electrons. The average molecular weight is 473 g/mol. The summed E-state index contributed by atoms with van der Waals surface area (Å²) in [6.45, 7) is 4.28. The van der Waals surface area contributed by atoms with Crippen LogP contribution < -0.4 is 0 Å². The van der Waals surface area contributed by atoms with Gasteiger partial charge in [-0.2, -0.15) is 0 Å². The molecule has 0 saturated heterocycles. The molecule has 3 heteroatoms. The van der Waals surface area contributed by atoms with Gasteiger partial charge in [0.2, 0.25) is 0 Å². The van der Waals surface area contributed by atoms with Gasteiger partial charge >= 0.3 is 0 Å². The zero-order valence-corrected chi connectivity index (χ0v) is 20.4. The van der Waals surface area contributed by atoms with Crippen LogP contribution >= 0.6 is 0 Å². The molecule has 0 unspecified atom stereocenters. The van der Waals surface area contributed by atoms with E-state index in [1.54, 1.807) is 18.2 Å². The lowest BCUT2D eigenvalue weighted by Crippen LogP contribution is -1.96. The molecular weight excluding hydrogens is 441 g/mol. The van der Waals surface area contributed by atoms with E-state index in [9.17, 15) is 0 Å². The molecule has 0 bridgehead atoms. The number of unbranched alkanes of at least 4 members (excludes halogenated alkanes) is 2. The minimum absolute atomic E-state index is 0.0474. The fraction of sp³-hybridized carbons (Fsp3) is 0.250. The van der Waals surface area contributed by atoms with Crippen LogP contribution in [0.5, 0.6) is 0 Å². The summed E-state index contributed by atoms with van der Waals surface area (Å²) in [5.41, 5.74) is 4.75. The van der Waals surface area contributed by atoms with Crippen molar-refractivity contribution in [3.8, 4) is 33.4 Å². The molecule has 0 atom stereocenters. The first-order valence-corrected chi connectivity index (χ1v) is 12.5. The van der Waals surface area contributed by atoms with E-state index in [2.05, 4.69) is 26.0 Å². The fourth-order valence-corrected chi connectivity index (χ4v) is 4.48. The third kappa shape index (κ3) is 5.67. The molecule has 0 nitrogen and oxygen atoms in total. The van der Waals surface area contributed by atoms with Crippen molar-refractivity contribution >= 4 is 0 Å². The van der Waals surface area contributed by atoms with Gasteiger partial charge in [0.05, 0.1) is 0 Å². The second-order valence-electron chi connectivity index (χ2n) is 9.08. The molecule has 0 aliphatic heterocycles.